The number of aryl methyl sites for hydroxylation is 2. The second kappa shape index (κ2) is 6.41. The zero-order valence-electron chi connectivity index (χ0n) is 14.0. The molecule has 0 fully saturated rings. The molecule has 0 spiro atoms. The molecule has 1 aliphatic carbocycles. The highest BCUT2D eigenvalue weighted by Gasteiger charge is 2.18. The molecule has 26 heavy (non-hydrogen) atoms. The van der Waals surface area contributed by atoms with E-state index in [1.807, 2.05) is 30.3 Å². The van der Waals surface area contributed by atoms with E-state index in [2.05, 4.69) is 29.6 Å². The zero-order valence-corrected chi connectivity index (χ0v) is 15.6. The Balaban J connectivity index is 1.41. The number of aromatic nitrogens is 1. The largest absolute Gasteiger partial charge is 0.301 e. The van der Waals surface area contributed by atoms with Crippen molar-refractivity contribution in [2.24, 2.45) is 0 Å². The van der Waals surface area contributed by atoms with Crippen molar-refractivity contribution >= 4 is 55.1 Å². The Morgan fingerprint density at radius 3 is 2.81 bits per heavy atom. The van der Waals surface area contributed by atoms with Gasteiger partial charge in [-0.1, -0.05) is 47.7 Å². The average molecular weight is 377 g/mol. The first-order valence-corrected chi connectivity index (χ1v) is 10.4. The van der Waals surface area contributed by atoms with Gasteiger partial charge in [-0.2, -0.15) is 0 Å². The Kier molecular flexibility index (Phi) is 3.91. The van der Waals surface area contributed by atoms with Gasteiger partial charge in [-0.05, 0) is 47.6 Å². The number of hydrogen-bond acceptors (Lipinski definition) is 4. The van der Waals surface area contributed by atoms with Crippen LogP contribution in [0, 0.1) is 0 Å². The molecule has 0 aliphatic heterocycles. The van der Waals surface area contributed by atoms with Gasteiger partial charge >= 0.3 is 0 Å². The fourth-order valence-electron chi connectivity index (χ4n) is 3.58. The lowest BCUT2D eigenvalue weighted by atomic mass is 10.0. The molecule has 1 N–H and O–H groups in total. The third kappa shape index (κ3) is 2.77. The number of anilines is 1. The maximum atomic E-state index is 12.3. The van der Waals surface area contributed by atoms with Gasteiger partial charge in [0.2, 0.25) is 5.91 Å². The monoisotopic (exact) mass is 376 g/mol. The summed E-state index contributed by atoms with van der Waals surface area (Å²) in [5.74, 6) is 0.367. The molecule has 1 amide bonds. The summed E-state index contributed by atoms with van der Waals surface area (Å²) in [5.41, 5.74) is 3.82. The van der Waals surface area contributed by atoms with Gasteiger partial charge in [-0.3, -0.25) is 4.79 Å². The quantitative estimate of drug-likeness (QED) is 0.493. The van der Waals surface area contributed by atoms with Crippen LogP contribution in [0.4, 0.5) is 5.13 Å². The number of nitrogens with one attached hydrogen (secondary N) is 1. The predicted octanol–water partition coefficient (Wildman–Crippen LogP) is 5.28. The predicted molar refractivity (Wildman–Crippen MR) is 110 cm³/mol. The molecule has 0 bridgehead atoms. The molecule has 0 saturated carbocycles. The molecule has 1 aromatic heterocycles. The van der Waals surface area contributed by atoms with Crippen LogP contribution in [0.1, 0.15) is 11.1 Å². The number of amides is 1. The minimum atomic E-state index is -0.0183. The van der Waals surface area contributed by atoms with Crippen LogP contribution in [0.3, 0.4) is 0 Å². The number of thiazole rings is 1. The summed E-state index contributed by atoms with van der Waals surface area (Å²) in [6, 6.07) is 18.7. The smallest absolute Gasteiger partial charge is 0.236 e. The Labute approximate surface area is 159 Å². The number of benzene rings is 3. The highest BCUT2D eigenvalue weighted by Crippen LogP contribution is 2.39. The van der Waals surface area contributed by atoms with Crippen LogP contribution in [-0.4, -0.2) is 16.6 Å². The second-order valence-corrected chi connectivity index (χ2v) is 8.47. The molecule has 0 radical (unpaired) electrons. The van der Waals surface area contributed by atoms with Gasteiger partial charge < -0.3 is 5.32 Å². The molecular weight excluding hydrogens is 360 g/mol. The van der Waals surface area contributed by atoms with E-state index < -0.39 is 0 Å². The number of thioether (sulfide) groups is 1. The lowest BCUT2D eigenvalue weighted by molar-refractivity contribution is -0.113. The summed E-state index contributed by atoms with van der Waals surface area (Å²) in [6.45, 7) is 0. The maximum absolute atomic E-state index is 12.3. The van der Waals surface area contributed by atoms with Crippen LogP contribution < -0.4 is 5.32 Å². The molecule has 3 nitrogen and oxygen atoms in total. The summed E-state index contributed by atoms with van der Waals surface area (Å²) in [5, 5.41) is 6.22. The van der Waals surface area contributed by atoms with Crippen molar-refractivity contribution in [1.82, 2.24) is 4.98 Å². The molecule has 0 atom stereocenters. The van der Waals surface area contributed by atoms with E-state index in [1.165, 1.54) is 33.7 Å². The molecule has 4 aromatic rings. The Hall–Kier alpha value is -2.37. The Morgan fingerprint density at radius 1 is 1.08 bits per heavy atom. The Morgan fingerprint density at radius 2 is 1.92 bits per heavy atom. The van der Waals surface area contributed by atoms with E-state index >= 15 is 0 Å². The standard InChI is InChI=1S/C21H16N2OS2/c24-18(12-25-15-6-2-1-3-7-15)22-21-23-20-16-8-4-5-13-9-10-14(19(13)16)11-17(20)26-21/h1-8,11H,9-10,12H2,(H,22,23,24). The number of nitrogens with zero attached hydrogens (tertiary/aromatic N) is 1. The molecule has 0 saturated heterocycles. The lowest BCUT2D eigenvalue weighted by Crippen LogP contribution is -2.13. The van der Waals surface area contributed by atoms with E-state index in [0.29, 0.717) is 10.9 Å². The topological polar surface area (TPSA) is 42.0 Å². The van der Waals surface area contributed by atoms with E-state index in [1.54, 1.807) is 11.3 Å². The zero-order chi connectivity index (χ0) is 17.5. The van der Waals surface area contributed by atoms with Gasteiger partial charge in [0, 0.05) is 10.3 Å². The van der Waals surface area contributed by atoms with E-state index in [4.69, 9.17) is 4.98 Å². The molecule has 3 aromatic carbocycles. The van der Waals surface area contributed by atoms with E-state index in [0.717, 1.165) is 28.0 Å². The van der Waals surface area contributed by atoms with Crippen molar-refractivity contribution in [3.8, 4) is 0 Å². The summed E-state index contributed by atoms with van der Waals surface area (Å²) in [4.78, 5) is 18.1. The fraction of sp³-hybridized carbons (Fsp3) is 0.143. The summed E-state index contributed by atoms with van der Waals surface area (Å²) in [6.07, 6.45) is 2.21. The van der Waals surface area contributed by atoms with Crippen LogP contribution in [0.5, 0.6) is 0 Å². The van der Waals surface area contributed by atoms with Gasteiger partial charge in [0.05, 0.1) is 16.0 Å². The van der Waals surface area contributed by atoms with Crippen molar-refractivity contribution in [1.29, 1.82) is 0 Å². The van der Waals surface area contributed by atoms with Gasteiger partial charge in [0.1, 0.15) is 0 Å². The van der Waals surface area contributed by atoms with Crippen molar-refractivity contribution in [3.05, 3.63) is 65.7 Å². The number of carbonyl (C=O) groups excluding carboxylic acids is 1. The first-order valence-electron chi connectivity index (χ1n) is 8.60. The van der Waals surface area contributed by atoms with E-state index in [-0.39, 0.29) is 5.91 Å². The van der Waals surface area contributed by atoms with Crippen molar-refractivity contribution in [2.45, 2.75) is 17.7 Å². The SMILES string of the molecule is O=C(CSc1ccccc1)Nc1nc2c(cc3c4c(cccc42)CC3)s1. The van der Waals surface area contributed by atoms with Crippen molar-refractivity contribution in [3.63, 3.8) is 0 Å². The number of hydrogen-bond donors (Lipinski definition) is 1. The molecular formula is C21H16N2OS2. The third-order valence-corrected chi connectivity index (χ3v) is 6.64. The third-order valence-electron chi connectivity index (χ3n) is 4.71. The first kappa shape index (κ1) is 15.9. The highest BCUT2D eigenvalue weighted by molar-refractivity contribution is 8.00. The Bertz CT molecular complexity index is 1140. The van der Waals surface area contributed by atoms with Gasteiger partial charge in [0.25, 0.3) is 0 Å². The number of fused-ring (bicyclic) bond motifs is 2. The number of carbonyl (C=O) groups is 1. The summed E-state index contributed by atoms with van der Waals surface area (Å²) < 4.78 is 1.15. The van der Waals surface area contributed by atoms with Crippen LogP contribution in [-0.2, 0) is 17.6 Å². The number of rotatable bonds is 4. The minimum absolute atomic E-state index is 0.0183. The average Bonchev–Trinajstić information content (AvgIpc) is 3.26. The molecule has 5 rings (SSSR count). The van der Waals surface area contributed by atoms with Crippen LogP contribution in [0.15, 0.2) is 59.5 Å². The van der Waals surface area contributed by atoms with E-state index in [9.17, 15) is 4.79 Å². The summed E-state index contributed by atoms with van der Waals surface area (Å²) in [7, 11) is 0. The lowest BCUT2D eigenvalue weighted by Gasteiger charge is -2.02. The van der Waals surface area contributed by atoms with Crippen LogP contribution >= 0.6 is 23.1 Å². The maximum Gasteiger partial charge on any atom is 0.236 e. The molecule has 0 unspecified atom stereocenters. The normalized spacial score (nSPS) is 12.8. The minimum Gasteiger partial charge on any atom is -0.301 e. The van der Waals surface area contributed by atoms with Crippen molar-refractivity contribution in [2.75, 3.05) is 11.1 Å². The molecule has 1 heterocycles. The molecule has 5 heteroatoms. The highest BCUT2D eigenvalue weighted by atomic mass is 32.2. The van der Waals surface area contributed by atoms with Crippen LogP contribution in [0.2, 0.25) is 0 Å². The first-order chi connectivity index (χ1) is 12.8. The van der Waals surface area contributed by atoms with Crippen molar-refractivity contribution < 1.29 is 4.79 Å². The summed E-state index contributed by atoms with van der Waals surface area (Å²) >= 11 is 3.10. The molecule has 1 aliphatic rings. The van der Waals surface area contributed by atoms with Gasteiger partial charge in [0.15, 0.2) is 5.13 Å². The van der Waals surface area contributed by atoms with Gasteiger partial charge in [-0.25, -0.2) is 4.98 Å². The van der Waals surface area contributed by atoms with Crippen LogP contribution in [0.25, 0.3) is 21.0 Å². The molecule has 128 valence electrons. The fourth-order valence-corrected chi connectivity index (χ4v) is 5.26. The van der Waals surface area contributed by atoms with Gasteiger partial charge in [-0.15, -0.1) is 11.8 Å². The second-order valence-electron chi connectivity index (χ2n) is 6.39.